The van der Waals surface area contributed by atoms with E-state index in [2.05, 4.69) is 8.37 Å². The molecule has 0 fully saturated rings. The van der Waals surface area contributed by atoms with E-state index >= 15 is 0 Å². The van der Waals surface area contributed by atoms with Gasteiger partial charge in [-0.1, -0.05) is 0 Å². The van der Waals surface area contributed by atoms with Gasteiger partial charge >= 0.3 is 27.5 Å². The number of rotatable bonds is 3. The van der Waals surface area contributed by atoms with E-state index in [4.69, 9.17) is 0 Å². The number of nitro groups is 3. The number of fused-ring (bicyclic) bond motifs is 1. The lowest BCUT2D eigenvalue weighted by Gasteiger charge is -1.98. The first-order valence-corrected chi connectivity index (χ1v) is 5.75. The lowest BCUT2D eigenvalue weighted by molar-refractivity contribution is -0.441. The molecule has 13 nitrogen and oxygen atoms in total. The summed E-state index contributed by atoms with van der Waals surface area (Å²) in [5.41, 5.74) is -4.26. The van der Waals surface area contributed by atoms with Crippen LogP contribution in [0, 0.1) is 30.3 Å². The van der Waals surface area contributed by atoms with Crippen molar-refractivity contribution in [3.8, 4) is 11.5 Å². The van der Waals surface area contributed by atoms with Gasteiger partial charge in [0.15, 0.2) is 0 Å². The largest absolute Gasteiger partial charge is 0.501 e. The van der Waals surface area contributed by atoms with Gasteiger partial charge in [-0.3, -0.25) is 30.3 Å². The van der Waals surface area contributed by atoms with Gasteiger partial charge in [0.05, 0.1) is 20.8 Å². The molecule has 0 spiro atoms. The van der Waals surface area contributed by atoms with Gasteiger partial charge < -0.3 is 8.37 Å². The second-order valence-corrected chi connectivity index (χ2v) is 4.42. The first-order valence-electron chi connectivity index (χ1n) is 4.42. The van der Waals surface area contributed by atoms with E-state index in [1.54, 1.807) is 0 Å². The minimum atomic E-state index is -4.70. The molecule has 0 radical (unpaired) electrons. The average Bonchev–Trinajstić information content (AvgIpc) is 2.58. The molecule has 0 aromatic heterocycles. The molecule has 0 bridgehead atoms. The molecule has 20 heavy (non-hydrogen) atoms. The number of nitro benzene ring substituents is 3. The SMILES string of the molecule is O=[N+]([O-])c1cc2c(c([N+](=O)[O-])c1[N+](=O)[O-])OS(=O)(=O)O2. The lowest BCUT2D eigenvalue weighted by atomic mass is 10.2. The van der Waals surface area contributed by atoms with Gasteiger partial charge in [-0.2, -0.15) is 0 Å². The Morgan fingerprint density at radius 1 is 0.900 bits per heavy atom. The molecule has 1 aromatic carbocycles. The fraction of sp³-hybridized carbons (Fsp3) is 0. The highest BCUT2D eigenvalue weighted by Crippen LogP contribution is 2.52. The van der Waals surface area contributed by atoms with Crippen LogP contribution in [0.2, 0.25) is 0 Å². The number of benzene rings is 1. The summed E-state index contributed by atoms with van der Waals surface area (Å²) in [6.07, 6.45) is 0. The highest BCUT2D eigenvalue weighted by molar-refractivity contribution is 7.82. The predicted molar refractivity (Wildman–Crippen MR) is 56.6 cm³/mol. The summed E-state index contributed by atoms with van der Waals surface area (Å²) in [5.74, 6) is -1.94. The van der Waals surface area contributed by atoms with Gasteiger partial charge in [-0.15, -0.1) is 8.42 Å². The van der Waals surface area contributed by atoms with Crippen LogP contribution in [0.25, 0.3) is 0 Å². The van der Waals surface area contributed by atoms with E-state index in [1.165, 1.54) is 0 Å². The maximum Gasteiger partial charge on any atom is 0.501 e. The Morgan fingerprint density at radius 3 is 1.90 bits per heavy atom. The van der Waals surface area contributed by atoms with E-state index in [-0.39, 0.29) is 0 Å². The molecule has 1 aromatic rings. The van der Waals surface area contributed by atoms with Gasteiger partial charge in [-0.05, 0) is 0 Å². The molecular weight excluding hydrogens is 306 g/mol. The van der Waals surface area contributed by atoms with Crippen molar-refractivity contribution in [2.45, 2.75) is 0 Å². The molecule has 0 saturated carbocycles. The smallest absolute Gasteiger partial charge is 0.348 e. The van der Waals surface area contributed by atoms with Crippen LogP contribution >= 0.6 is 0 Å². The molecular formula is C6HN3O10S. The molecule has 1 aliphatic heterocycles. The summed E-state index contributed by atoms with van der Waals surface area (Å²) in [7, 11) is -4.70. The summed E-state index contributed by atoms with van der Waals surface area (Å²) in [4.78, 5) is 28.2. The molecule has 1 heterocycles. The summed E-state index contributed by atoms with van der Waals surface area (Å²) >= 11 is 0. The van der Waals surface area contributed by atoms with Crippen LogP contribution in [-0.4, -0.2) is 23.2 Å². The van der Waals surface area contributed by atoms with E-state index < -0.39 is 53.7 Å². The van der Waals surface area contributed by atoms with Crippen molar-refractivity contribution in [1.82, 2.24) is 0 Å². The Balaban J connectivity index is 2.92. The monoisotopic (exact) mass is 307 g/mol. The van der Waals surface area contributed by atoms with E-state index in [0.717, 1.165) is 0 Å². The summed E-state index contributed by atoms with van der Waals surface area (Å²) < 4.78 is 30.3. The van der Waals surface area contributed by atoms with Crippen LogP contribution in [0.3, 0.4) is 0 Å². The highest BCUT2D eigenvalue weighted by Gasteiger charge is 2.48. The van der Waals surface area contributed by atoms with Crippen molar-refractivity contribution < 1.29 is 31.6 Å². The van der Waals surface area contributed by atoms with Gasteiger partial charge in [0.25, 0.3) is 5.75 Å². The molecule has 14 heteroatoms. The van der Waals surface area contributed by atoms with Crippen LogP contribution in [0.1, 0.15) is 0 Å². The minimum absolute atomic E-state index is 0.366. The molecule has 0 saturated heterocycles. The third-order valence-corrected chi connectivity index (χ3v) is 2.87. The van der Waals surface area contributed by atoms with Crippen LogP contribution in [0.4, 0.5) is 17.1 Å². The van der Waals surface area contributed by atoms with Crippen molar-refractivity contribution in [2.24, 2.45) is 0 Å². The molecule has 0 aliphatic carbocycles. The van der Waals surface area contributed by atoms with Crippen LogP contribution < -0.4 is 8.37 Å². The maximum absolute atomic E-state index is 11.0. The standard InChI is InChI=1S/C6HN3O10S/c10-7(11)2-1-3-6(19-20(16,17)18-3)5(9(14)15)4(2)8(12)13/h1H. The van der Waals surface area contributed by atoms with Crippen molar-refractivity contribution in [3.63, 3.8) is 0 Å². The molecule has 1 aliphatic rings. The van der Waals surface area contributed by atoms with E-state index in [9.17, 15) is 38.8 Å². The Bertz CT molecular complexity index is 768. The Morgan fingerprint density at radius 2 is 1.45 bits per heavy atom. The molecule has 0 unspecified atom stereocenters. The molecule has 2 rings (SSSR count). The summed E-state index contributed by atoms with van der Waals surface area (Å²) in [5, 5.41) is 32.3. The first kappa shape index (κ1) is 13.4. The Labute approximate surface area is 108 Å². The third-order valence-electron chi connectivity index (χ3n) is 2.11. The number of nitrogens with zero attached hydrogens (tertiary/aromatic N) is 3. The normalized spacial score (nSPS) is 14.8. The second kappa shape index (κ2) is 3.98. The Kier molecular flexibility index (Phi) is 2.67. The maximum atomic E-state index is 11.0. The van der Waals surface area contributed by atoms with E-state index in [0.29, 0.717) is 6.07 Å². The zero-order valence-electron chi connectivity index (χ0n) is 8.91. The zero-order valence-corrected chi connectivity index (χ0v) is 9.73. The van der Waals surface area contributed by atoms with Gasteiger partial charge in [0.2, 0.25) is 5.75 Å². The van der Waals surface area contributed by atoms with E-state index in [1.807, 2.05) is 0 Å². The van der Waals surface area contributed by atoms with Gasteiger partial charge in [-0.25, -0.2) is 0 Å². The van der Waals surface area contributed by atoms with Gasteiger partial charge in [0, 0.05) is 0 Å². The molecule has 0 N–H and O–H groups in total. The van der Waals surface area contributed by atoms with Gasteiger partial charge in [0.1, 0.15) is 0 Å². The quantitative estimate of drug-likeness (QED) is 0.560. The average molecular weight is 307 g/mol. The lowest BCUT2D eigenvalue weighted by Crippen LogP contribution is -2.08. The molecule has 0 amide bonds. The Hall–Kier alpha value is -3.03. The number of hydrogen-bond acceptors (Lipinski definition) is 10. The second-order valence-electron chi connectivity index (χ2n) is 3.27. The molecule has 0 atom stereocenters. The molecule has 106 valence electrons. The summed E-state index contributed by atoms with van der Waals surface area (Å²) in [6.45, 7) is 0. The van der Waals surface area contributed by atoms with Crippen molar-refractivity contribution in [1.29, 1.82) is 0 Å². The minimum Gasteiger partial charge on any atom is -0.348 e. The first-order chi connectivity index (χ1) is 9.14. The fourth-order valence-corrected chi connectivity index (χ4v) is 2.21. The zero-order chi connectivity index (χ0) is 15.2. The van der Waals surface area contributed by atoms with Crippen LogP contribution in [0.15, 0.2) is 6.07 Å². The van der Waals surface area contributed by atoms with Crippen LogP contribution in [0.5, 0.6) is 11.5 Å². The summed E-state index contributed by atoms with van der Waals surface area (Å²) in [6, 6.07) is 0.366. The van der Waals surface area contributed by atoms with Crippen LogP contribution in [-0.2, 0) is 10.4 Å². The van der Waals surface area contributed by atoms with Crippen molar-refractivity contribution in [3.05, 3.63) is 36.4 Å². The number of hydrogen-bond donors (Lipinski definition) is 0. The third kappa shape index (κ3) is 1.92. The predicted octanol–water partition coefficient (Wildman–Crippen LogP) is 0.427. The van der Waals surface area contributed by atoms with Crippen molar-refractivity contribution in [2.75, 3.05) is 0 Å². The van der Waals surface area contributed by atoms with Crippen molar-refractivity contribution >= 4 is 27.5 Å². The fourth-order valence-electron chi connectivity index (χ4n) is 1.46. The topological polar surface area (TPSA) is 182 Å². The highest BCUT2D eigenvalue weighted by atomic mass is 32.3.